The van der Waals surface area contributed by atoms with E-state index in [4.69, 9.17) is 4.42 Å². The van der Waals surface area contributed by atoms with Gasteiger partial charge in [-0.15, -0.1) is 0 Å². The Morgan fingerprint density at radius 2 is 1.11 bits per heavy atom. The molecule has 0 atom stereocenters. The lowest BCUT2D eigenvalue weighted by atomic mass is 9.82. The fraction of sp³-hybridized carbons (Fsp3) is 0.200. The molecule has 1 aliphatic carbocycles. The average Bonchev–Trinajstić information content (AvgIpc) is 3.56. The summed E-state index contributed by atoms with van der Waals surface area (Å²) < 4.78 is 6.87. The van der Waals surface area contributed by atoms with E-state index in [9.17, 15) is 0 Å². The lowest BCUT2D eigenvalue weighted by Gasteiger charge is -2.27. The Labute approximate surface area is 278 Å². The Morgan fingerprint density at radius 1 is 0.511 bits per heavy atom. The van der Waals surface area contributed by atoms with Crippen LogP contribution in [0.25, 0.3) is 44.2 Å². The van der Waals surface area contributed by atoms with Crippen molar-refractivity contribution < 1.29 is 4.42 Å². The maximum Gasteiger partial charge on any atom is 0.143 e. The molecule has 232 valence electrons. The van der Waals surface area contributed by atoms with Crippen molar-refractivity contribution in [3.8, 4) is 22.3 Å². The summed E-state index contributed by atoms with van der Waals surface area (Å²) in [6.07, 6.45) is 0. The first kappa shape index (κ1) is 29.3. The topological polar surface area (TPSA) is 16.4 Å². The molecule has 8 rings (SSSR count). The Hall–Kier alpha value is -5.08. The first-order chi connectivity index (χ1) is 22.7. The lowest BCUT2D eigenvalue weighted by Crippen LogP contribution is -2.14. The Kier molecular flexibility index (Phi) is 6.88. The molecule has 7 aromatic rings. The van der Waals surface area contributed by atoms with Crippen LogP contribution >= 0.6 is 0 Å². The summed E-state index contributed by atoms with van der Waals surface area (Å²) in [6, 6.07) is 46.9. The van der Waals surface area contributed by atoms with Gasteiger partial charge >= 0.3 is 0 Å². The summed E-state index contributed by atoms with van der Waals surface area (Å²) in [5, 5.41) is 2.28. The molecule has 0 amide bonds. The molecule has 0 saturated heterocycles. The highest BCUT2D eigenvalue weighted by Gasteiger charge is 2.36. The number of furan rings is 1. The molecular weight excluding hydrogens is 571 g/mol. The number of fused-ring (bicyclic) bond motifs is 6. The van der Waals surface area contributed by atoms with Crippen LogP contribution in [0.3, 0.4) is 0 Å². The number of hydrogen-bond acceptors (Lipinski definition) is 2. The second-order valence-corrected chi connectivity index (χ2v) is 14.2. The number of benzene rings is 6. The highest BCUT2D eigenvalue weighted by atomic mass is 16.3. The summed E-state index contributed by atoms with van der Waals surface area (Å²) >= 11 is 0. The Bertz CT molecular complexity index is 2200. The van der Waals surface area contributed by atoms with Gasteiger partial charge in [-0.2, -0.15) is 0 Å². The second kappa shape index (κ2) is 11.0. The van der Waals surface area contributed by atoms with Crippen molar-refractivity contribution in [2.75, 3.05) is 4.90 Å². The van der Waals surface area contributed by atoms with E-state index in [-0.39, 0.29) is 5.41 Å². The van der Waals surface area contributed by atoms with Gasteiger partial charge in [0.1, 0.15) is 11.2 Å². The van der Waals surface area contributed by atoms with Crippen LogP contribution in [-0.4, -0.2) is 0 Å². The van der Waals surface area contributed by atoms with Crippen LogP contribution in [0.5, 0.6) is 0 Å². The lowest BCUT2D eigenvalue weighted by molar-refractivity contribution is 0.648. The van der Waals surface area contributed by atoms with Crippen molar-refractivity contribution >= 4 is 39.0 Å². The van der Waals surface area contributed by atoms with E-state index in [1.165, 1.54) is 33.4 Å². The zero-order valence-corrected chi connectivity index (χ0v) is 28.1. The molecule has 1 aliphatic rings. The van der Waals surface area contributed by atoms with Crippen LogP contribution < -0.4 is 4.90 Å². The predicted molar refractivity (Wildman–Crippen MR) is 200 cm³/mol. The fourth-order valence-electron chi connectivity index (χ4n) is 7.48. The van der Waals surface area contributed by atoms with E-state index in [1.54, 1.807) is 0 Å². The van der Waals surface area contributed by atoms with Crippen molar-refractivity contribution in [2.45, 2.75) is 58.8 Å². The van der Waals surface area contributed by atoms with Gasteiger partial charge < -0.3 is 9.32 Å². The first-order valence-electron chi connectivity index (χ1n) is 16.9. The Morgan fingerprint density at radius 3 is 1.72 bits per heavy atom. The summed E-state index contributed by atoms with van der Waals surface area (Å²) in [6.45, 7) is 13.6. The van der Waals surface area contributed by atoms with Gasteiger partial charge in [0.05, 0.1) is 0 Å². The van der Waals surface area contributed by atoms with Crippen LogP contribution in [0.15, 0.2) is 132 Å². The molecule has 0 N–H and O–H groups in total. The number of nitrogens with zero attached hydrogens (tertiary/aromatic N) is 1. The van der Waals surface area contributed by atoms with Gasteiger partial charge in [-0.1, -0.05) is 120 Å². The predicted octanol–water partition coefficient (Wildman–Crippen LogP) is 13.3. The van der Waals surface area contributed by atoms with E-state index in [1.807, 2.05) is 0 Å². The molecule has 0 radical (unpaired) electrons. The molecule has 1 heterocycles. The second-order valence-electron chi connectivity index (χ2n) is 14.2. The van der Waals surface area contributed by atoms with Crippen molar-refractivity contribution in [1.29, 1.82) is 0 Å². The monoisotopic (exact) mass is 611 g/mol. The quantitative estimate of drug-likeness (QED) is 0.186. The standard InChI is InChI=1S/C45H41NO/c1-28(2)30-16-20-33(21-17-30)46(34-22-18-31(19-23-34)29(3)4)35-24-37(32-12-8-7-9-13-32)44-40(25-35)39-26-38-36-14-10-11-15-41(36)45(5,6)42(38)27-43(39)47-44/h7-29H,1-6H3. The van der Waals surface area contributed by atoms with Crippen LogP contribution in [0.4, 0.5) is 17.1 Å². The number of rotatable bonds is 6. The van der Waals surface area contributed by atoms with Crippen LogP contribution in [0, 0.1) is 0 Å². The van der Waals surface area contributed by atoms with Gasteiger partial charge in [0.15, 0.2) is 0 Å². The largest absolute Gasteiger partial charge is 0.455 e. The third kappa shape index (κ3) is 4.78. The zero-order chi connectivity index (χ0) is 32.4. The third-order valence-electron chi connectivity index (χ3n) is 10.2. The molecule has 2 nitrogen and oxygen atoms in total. The van der Waals surface area contributed by atoms with Gasteiger partial charge in [0, 0.05) is 38.8 Å². The zero-order valence-electron chi connectivity index (χ0n) is 28.1. The minimum Gasteiger partial charge on any atom is -0.455 e. The van der Waals surface area contributed by atoms with E-state index in [0.717, 1.165) is 50.1 Å². The van der Waals surface area contributed by atoms with Gasteiger partial charge in [0.25, 0.3) is 0 Å². The van der Waals surface area contributed by atoms with Crippen molar-refractivity contribution in [3.05, 3.63) is 150 Å². The number of anilines is 3. The van der Waals surface area contributed by atoms with Gasteiger partial charge in [-0.3, -0.25) is 0 Å². The fourth-order valence-corrected chi connectivity index (χ4v) is 7.48. The summed E-state index contributed by atoms with van der Waals surface area (Å²) in [7, 11) is 0. The molecule has 47 heavy (non-hydrogen) atoms. The van der Waals surface area contributed by atoms with Crippen LogP contribution in [-0.2, 0) is 5.41 Å². The highest BCUT2D eigenvalue weighted by Crippen LogP contribution is 2.52. The number of hydrogen-bond donors (Lipinski definition) is 0. The molecule has 0 aliphatic heterocycles. The molecule has 0 unspecified atom stereocenters. The normalized spacial score (nSPS) is 13.4. The summed E-state index contributed by atoms with van der Waals surface area (Å²) in [4.78, 5) is 2.39. The molecule has 2 heteroatoms. The molecule has 0 saturated carbocycles. The van der Waals surface area contributed by atoms with E-state index < -0.39 is 0 Å². The van der Waals surface area contributed by atoms with Crippen LogP contribution in [0.1, 0.15) is 75.6 Å². The van der Waals surface area contributed by atoms with Gasteiger partial charge in [-0.05, 0) is 99.3 Å². The smallest absolute Gasteiger partial charge is 0.143 e. The average molecular weight is 612 g/mol. The van der Waals surface area contributed by atoms with Crippen molar-refractivity contribution in [3.63, 3.8) is 0 Å². The molecule has 1 aromatic heterocycles. The van der Waals surface area contributed by atoms with Crippen molar-refractivity contribution in [1.82, 2.24) is 0 Å². The Balaban J connectivity index is 1.41. The van der Waals surface area contributed by atoms with Gasteiger partial charge in [-0.25, -0.2) is 0 Å². The minimum atomic E-state index is -0.0897. The van der Waals surface area contributed by atoms with E-state index >= 15 is 0 Å². The van der Waals surface area contributed by atoms with Crippen LogP contribution in [0.2, 0.25) is 0 Å². The summed E-state index contributed by atoms with van der Waals surface area (Å²) in [5.74, 6) is 0.941. The molecule has 6 aromatic carbocycles. The molecular formula is C45H41NO. The van der Waals surface area contributed by atoms with Crippen molar-refractivity contribution in [2.24, 2.45) is 0 Å². The van der Waals surface area contributed by atoms with E-state index in [2.05, 4.69) is 174 Å². The summed E-state index contributed by atoms with van der Waals surface area (Å²) in [5.41, 5.74) is 15.4. The molecule has 0 bridgehead atoms. The SMILES string of the molecule is CC(C)c1ccc(N(c2ccc(C(C)C)cc2)c2cc(-c3ccccc3)c3oc4cc5c(cc4c3c2)-c2ccccc2C5(C)C)cc1. The molecule has 0 spiro atoms. The van der Waals surface area contributed by atoms with Gasteiger partial charge in [0.2, 0.25) is 0 Å². The van der Waals surface area contributed by atoms with E-state index in [0.29, 0.717) is 11.8 Å². The minimum absolute atomic E-state index is 0.0897. The first-order valence-corrected chi connectivity index (χ1v) is 16.9. The highest BCUT2D eigenvalue weighted by molar-refractivity contribution is 6.13. The maximum absolute atomic E-state index is 6.87. The maximum atomic E-state index is 6.87. The third-order valence-corrected chi connectivity index (χ3v) is 10.2. The molecule has 0 fully saturated rings.